The molecule has 10 nitrogen and oxygen atoms in total. The van der Waals surface area contributed by atoms with Gasteiger partial charge in [0.15, 0.2) is 0 Å². The molecule has 2 fully saturated rings. The normalized spacial score (nSPS) is 18.4. The van der Waals surface area contributed by atoms with Crippen molar-refractivity contribution < 1.29 is 9.59 Å². The smallest absolute Gasteiger partial charge is 0.255 e. The minimum Gasteiger partial charge on any atom is -0.404 e. The topological polar surface area (TPSA) is 151 Å². The van der Waals surface area contributed by atoms with Gasteiger partial charge in [0.2, 0.25) is 0 Å². The van der Waals surface area contributed by atoms with E-state index in [0.717, 1.165) is 42.4 Å². The third-order valence-corrected chi connectivity index (χ3v) is 7.55. The van der Waals surface area contributed by atoms with E-state index in [4.69, 9.17) is 11.5 Å². The van der Waals surface area contributed by atoms with E-state index >= 15 is 0 Å². The fourth-order valence-corrected chi connectivity index (χ4v) is 5.35. The lowest BCUT2D eigenvalue weighted by atomic mass is 10.0. The minimum absolute atomic E-state index is 0.0460. The van der Waals surface area contributed by atoms with Gasteiger partial charge in [-0.2, -0.15) is 0 Å². The lowest BCUT2D eigenvalue weighted by Gasteiger charge is -2.24. The van der Waals surface area contributed by atoms with Gasteiger partial charge >= 0.3 is 0 Å². The van der Waals surface area contributed by atoms with Crippen LogP contribution < -0.4 is 27.4 Å². The highest BCUT2D eigenvalue weighted by Gasteiger charge is 2.29. The second-order valence-corrected chi connectivity index (χ2v) is 10.3. The Balaban J connectivity index is 1.22. The molecule has 40 heavy (non-hydrogen) atoms. The maximum Gasteiger partial charge on any atom is 0.255 e. The number of allylic oxidation sites excluding steroid dienone is 1. The average Bonchev–Trinajstić information content (AvgIpc) is 3.44. The molecule has 1 atom stereocenters. The molecule has 0 bridgehead atoms. The maximum atomic E-state index is 13.3. The number of anilines is 2. The number of hydrogen-bond donors (Lipinski definition) is 5. The second-order valence-electron chi connectivity index (χ2n) is 10.3. The highest BCUT2D eigenvalue weighted by molar-refractivity contribution is 6.10. The molecule has 2 aliphatic rings. The zero-order chi connectivity index (χ0) is 28.1. The zero-order valence-corrected chi connectivity index (χ0v) is 22.7. The van der Waals surface area contributed by atoms with Gasteiger partial charge in [0, 0.05) is 73.2 Å². The van der Waals surface area contributed by atoms with E-state index in [9.17, 15) is 9.59 Å². The summed E-state index contributed by atoms with van der Waals surface area (Å²) in [6.45, 7) is 3.06. The summed E-state index contributed by atoms with van der Waals surface area (Å²) in [6.07, 6.45) is 7.42. The van der Waals surface area contributed by atoms with Crippen LogP contribution in [-0.2, 0) is 0 Å². The van der Waals surface area contributed by atoms with E-state index in [2.05, 4.69) is 44.1 Å². The minimum atomic E-state index is -0.337. The fraction of sp³-hybridized carbons (Fsp3) is 0.333. The first-order valence-electron chi connectivity index (χ1n) is 13.7. The number of likely N-dealkylation sites (tertiary alicyclic amines) is 1. The average molecular weight is 541 g/mol. The first-order valence-corrected chi connectivity index (χ1v) is 13.7. The Labute approximate surface area is 233 Å². The van der Waals surface area contributed by atoms with Gasteiger partial charge in [0.25, 0.3) is 11.8 Å². The van der Waals surface area contributed by atoms with E-state index in [1.807, 2.05) is 18.2 Å². The Morgan fingerprint density at radius 3 is 2.60 bits per heavy atom. The molecule has 0 unspecified atom stereocenters. The number of carbonyl (C=O) groups is 2. The Hall–Kier alpha value is -4.44. The van der Waals surface area contributed by atoms with Crippen LogP contribution >= 0.6 is 0 Å². The first kappa shape index (κ1) is 27.1. The lowest BCUT2D eigenvalue weighted by molar-refractivity contribution is 0.0783. The molecule has 1 aromatic heterocycles. The summed E-state index contributed by atoms with van der Waals surface area (Å²) in [5, 5.41) is 12.1. The molecule has 2 saturated heterocycles. The van der Waals surface area contributed by atoms with Crippen LogP contribution in [0.2, 0.25) is 0 Å². The summed E-state index contributed by atoms with van der Waals surface area (Å²) in [4.78, 5) is 36.3. The van der Waals surface area contributed by atoms with Crippen molar-refractivity contribution in [2.24, 2.45) is 10.7 Å². The highest BCUT2D eigenvalue weighted by Crippen LogP contribution is 2.24. The SMILES string of the molecule is CN=C/C(=C\N)c1cnc(N)c(C(=O)N[C@@H]2CCN(C(=O)c3ccc4cc(NC5CCNCC5)ccc4c3)C2)c1. The number of fused-ring (bicyclic) bond motifs is 1. The molecule has 0 saturated carbocycles. The van der Waals surface area contributed by atoms with Crippen LogP contribution in [0.5, 0.6) is 0 Å². The maximum absolute atomic E-state index is 13.3. The fourth-order valence-electron chi connectivity index (χ4n) is 5.35. The van der Waals surface area contributed by atoms with Crippen LogP contribution in [0.15, 0.2) is 59.9 Å². The van der Waals surface area contributed by atoms with Crippen molar-refractivity contribution in [3.63, 3.8) is 0 Å². The molecule has 0 spiro atoms. The lowest BCUT2D eigenvalue weighted by Crippen LogP contribution is -2.38. The summed E-state index contributed by atoms with van der Waals surface area (Å²) in [5.74, 6) is -0.256. The largest absolute Gasteiger partial charge is 0.404 e. The van der Waals surface area contributed by atoms with Crippen molar-refractivity contribution in [2.45, 2.75) is 31.3 Å². The molecule has 7 N–H and O–H groups in total. The molecule has 3 aromatic rings. The Morgan fingerprint density at radius 2 is 1.82 bits per heavy atom. The van der Waals surface area contributed by atoms with E-state index < -0.39 is 0 Å². The number of amides is 2. The standard InChI is InChI=1S/C30H36N8O2/c1-33-16-23(15-31)22-14-27(28(32)35-17-22)29(39)37-26-8-11-38(18-26)30(40)21-3-2-20-13-25(5-4-19(20)12-21)36-24-6-9-34-10-7-24/h2-5,12-17,24,26,34,36H,6-11,18,31H2,1H3,(H2,32,35)(H,37,39)/b23-15+,33-16?/t26-/m1/s1. The summed E-state index contributed by atoms with van der Waals surface area (Å²) >= 11 is 0. The van der Waals surface area contributed by atoms with Gasteiger partial charge in [-0.3, -0.25) is 14.6 Å². The van der Waals surface area contributed by atoms with E-state index in [0.29, 0.717) is 42.3 Å². The molecule has 2 aliphatic heterocycles. The number of nitrogens with two attached hydrogens (primary N) is 2. The van der Waals surface area contributed by atoms with E-state index in [1.165, 1.54) is 6.20 Å². The van der Waals surface area contributed by atoms with Gasteiger partial charge in [-0.25, -0.2) is 4.98 Å². The monoisotopic (exact) mass is 540 g/mol. The molecule has 0 aliphatic carbocycles. The summed E-state index contributed by atoms with van der Waals surface area (Å²) in [5.41, 5.74) is 15.0. The van der Waals surface area contributed by atoms with Crippen LogP contribution in [0.25, 0.3) is 16.3 Å². The van der Waals surface area contributed by atoms with Crippen LogP contribution in [0.1, 0.15) is 45.5 Å². The number of hydrogen-bond acceptors (Lipinski definition) is 8. The van der Waals surface area contributed by atoms with Crippen LogP contribution in [0, 0.1) is 0 Å². The van der Waals surface area contributed by atoms with Crippen molar-refractivity contribution in [3.05, 3.63) is 71.6 Å². The molecule has 10 heteroatoms. The third kappa shape index (κ3) is 6.07. The van der Waals surface area contributed by atoms with E-state index in [1.54, 1.807) is 30.4 Å². The van der Waals surface area contributed by atoms with Crippen molar-refractivity contribution in [1.82, 2.24) is 20.5 Å². The highest BCUT2D eigenvalue weighted by atomic mass is 16.2. The van der Waals surface area contributed by atoms with Crippen LogP contribution in [-0.4, -0.2) is 73.2 Å². The summed E-state index contributed by atoms with van der Waals surface area (Å²) < 4.78 is 0. The van der Waals surface area contributed by atoms with Crippen molar-refractivity contribution in [3.8, 4) is 0 Å². The van der Waals surface area contributed by atoms with Gasteiger partial charge in [-0.1, -0.05) is 12.1 Å². The van der Waals surface area contributed by atoms with Gasteiger partial charge < -0.3 is 32.3 Å². The molecule has 2 aromatic carbocycles. The van der Waals surface area contributed by atoms with Gasteiger partial charge in [-0.15, -0.1) is 0 Å². The number of pyridine rings is 1. The summed E-state index contributed by atoms with van der Waals surface area (Å²) in [7, 11) is 1.64. The Morgan fingerprint density at radius 1 is 1.05 bits per heavy atom. The Kier molecular flexibility index (Phi) is 8.26. The number of carbonyl (C=O) groups excluding carboxylic acids is 2. The summed E-state index contributed by atoms with van der Waals surface area (Å²) in [6, 6.07) is 14.1. The van der Waals surface area contributed by atoms with Gasteiger partial charge in [0.05, 0.1) is 5.56 Å². The first-order chi connectivity index (χ1) is 19.4. The van der Waals surface area contributed by atoms with Gasteiger partial charge in [0.1, 0.15) is 5.82 Å². The molecule has 2 amide bonds. The van der Waals surface area contributed by atoms with Crippen LogP contribution in [0.3, 0.4) is 0 Å². The predicted molar refractivity (Wildman–Crippen MR) is 160 cm³/mol. The second kappa shape index (κ2) is 12.2. The van der Waals surface area contributed by atoms with Crippen molar-refractivity contribution in [2.75, 3.05) is 44.3 Å². The third-order valence-electron chi connectivity index (χ3n) is 7.55. The molecule has 5 rings (SSSR count). The molecular weight excluding hydrogens is 504 g/mol. The predicted octanol–water partition coefficient (Wildman–Crippen LogP) is 2.63. The van der Waals surface area contributed by atoms with E-state index in [-0.39, 0.29) is 29.2 Å². The number of benzene rings is 2. The molecule has 208 valence electrons. The zero-order valence-electron chi connectivity index (χ0n) is 22.7. The van der Waals surface area contributed by atoms with Crippen molar-refractivity contribution >= 4 is 45.9 Å². The number of aliphatic imine (C=N–C) groups is 1. The quantitative estimate of drug-likeness (QED) is 0.289. The number of rotatable bonds is 7. The number of nitrogens with one attached hydrogen (secondary N) is 3. The number of piperidine rings is 1. The number of aromatic nitrogens is 1. The number of nitrogens with zero attached hydrogens (tertiary/aromatic N) is 3. The van der Waals surface area contributed by atoms with Crippen LogP contribution in [0.4, 0.5) is 11.5 Å². The Bertz CT molecular complexity index is 1460. The molecule has 3 heterocycles. The molecule has 0 radical (unpaired) electrons. The molecular formula is C30H36N8O2. The number of nitrogen functional groups attached to an aromatic ring is 1. The van der Waals surface area contributed by atoms with Gasteiger partial charge in [-0.05, 0) is 73.5 Å². The van der Waals surface area contributed by atoms with Crippen molar-refractivity contribution in [1.29, 1.82) is 0 Å².